The fourth-order valence-electron chi connectivity index (χ4n) is 3.63. The van der Waals surface area contributed by atoms with Crippen LogP contribution in [0.4, 0.5) is 4.79 Å². The third-order valence-electron chi connectivity index (χ3n) is 5.44. The Morgan fingerprint density at radius 1 is 1.09 bits per heavy atom. The van der Waals surface area contributed by atoms with Crippen LogP contribution in [0.15, 0.2) is 51.8 Å². The van der Waals surface area contributed by atoms with Crippen LogP contribution in [0.1, 0.15) is 30.4 Å². The predicted molar refractivity (Wildman–Crippen MR) is 141 cm³/mol. The Morgan fingerprint density at radius 2 is 1.82 bits per heavy atom. The summed E-state index contributed by atoms with van der Waals surface area (Å²) in [6.07, 6.45) is 4.74. The molecular formula is C24H22BrIN2O4S. The standard InChI is InChI=1S/C24H22BrIN2O4S/c25-18-7-4-16(5-8-18)15-32-20-9-6-17(12-19(20)26)13-21-23(30)28(24(31)33-21)14-22(29)27-10-2-1-3-11-27/h4-9,12-13H,1-3,10-11,14-15H2/b21-13-. The van der Waals surface area contributed by atoms with Crippen LogP contribution in [-0.2, 0) is 16.2 Å². The summed E-state index contributed by atoms with van der Waals surface area (Å²) in [6, 6.07) is 13.6. The van der Waals surface area contributed by atoms with Crippen molar-refractivity contribution in [2.45, 2.75) is 25.9 Å². The summed E-state index contributed by atoms with van der Waals surface area (Å²) in [4.78, 5) is 40.8. The van der Waals surface area contributed by atoms with Crippen molar-refractivity contribution >= 4 is 73.4 Å². The van der Waals surface area contributed by atoms with Gasteiger partial charge in [0.2, 0.25) is 5.91 Å². The van der Waals surface area contributed by atoms with E-state index in [4.69, 9.17) is 4.74 Å². The number of carbonyl (C=O) groups is 3. The Labute approximate surface area is 219 Å². The smallest absolute Gasteiger partial charge is 0.294 e. The fraction of sp³-hybridized carbons (Fsp3) is 0.292. The number of benzene rings is 2. The van der Waals surface area contributed by atoms with E-state index in [2.05, 4.69) is 38.5 Å². The van der Waals surface area contributed by atoms with Gasteiger partial charge in [-0.05, 0) is 95.1 Å². The number of halogens is 2. The molecule has 172 valence electrons. The van der Waals surface area contributed by atoms with E-state index in [0.29, 0.717) is 24.6 Å². The van der Waals surface area contributed by atoms with Gasteiger partial charge in [0, 0.05) is 17.6 Å². The molecule has 2 aliphatic heterocycles. The highest BCUT2D eigenvalue weighted by atomic mass is 127. The van der Waals surface area contributed by atoms with Gasteiger partial charge in [-0.2, -0.15) is 0 Å². The molecule has 0 atom stereocenters. The van der Waals surface area contributed by atoms with Crippen molar-refractivity contribution in [3.8, 4) is 5.75 Å². The summed E-state index contributed by atoms with van der Waals surface area (Å²) in [7, 11) is 0. The Hall–Kier alpha value is -1.85. The zero-order valence-electron chi connectivity index (χ0n) is 17.8. The maximum absolute atomic E-state index is 12.8. The molecule has 0 saturated carbocycles. The van der Waals surface area contributed by atoms with Gasteiger partial charge >= 0.3 is 0 Å². The van der Waals surface area contributed by atoms with Gasteiger partial charge in [-0.25, -0.2) is 0 Å². The molecule has 33 heavy (non-hydrogen) atoms. The number of rotatable bonds is 6. The highest BCUT2D eigenvalue weighted by molar-refractivity contribution is 14.1. The molecule has 2 aromatic rings. The van der Waals surface area contributed by atoms with E-state index in [1.165, 1.54) is 0 Å². The quantitative estimate of drug-likeness (QED) is 0.300. The monoisotopic (exact) mass is 640 g/mol. The number of imide groups is 1. The molecule has 0 N–H and O–H groups in total. The zero-order valence-corrected chi connectivity index (χ0v) is 22.3. The second kappa shape index (κ2) is 11.1. The van der Waals surface area contributed by atoms with Crippen LogP contribution in [0.5, 0.6) is 5.75 Å². The number of thioether (sulfide) groups is 1. The van der Waals surface area contributed by atoms with E-state index < -0.39 is 11.1 Å². The lowest BCUT2D eigenvalue weighted by molar-refractivity contribution is -0.136. The van der Waals surface area contributed by atoms with E-state index in [1.54, 1.807) is 11.0 Å². The van der Waals surface area contributed by atoms with Crippen molar-refractivity contribution < 1.29 is 19.1 Å². The van der Waals surface area contributed by atoms with E-state index in [9.17, 15) is 14.4 Å². The van der Waals surface area contributed by atoms with Crippen LogP contribution >= 0.6 is 50.3 Å². The normalized spacial score (nSPS) is 17.7. The first-order chi connectivity index (χ1) is 15.9. The highest BCUT2D eigenvalue weighted by Crippen LogP contribution is 2.33. The molecule has 2 heterocycles. The fourth-order valence-corrected chi connectivity index (χ4v) is 5.43. The maximum atomic E-state index is 12.8. The van der Waals surface area contributed by atoms with Crippen LogP contribution < -0.4 is 4.74 Å². The van der Waals surface area contributed by atoms with Crippen LogP contribution in [-0.4, -0.2) is 46.5 Å². The molecule has 0 aliphatic carbocycles. The number of carbonyl (C=O) groups excluding carboxylic acids is 3. The maximum Gasteiger partial charge on any atom is 0.294 e. The first-order valence-electron chi connectivity index (χ1n) is 10.6. The number of ether oxygens (including phenoxy) is 1. The first-order valence-corrected chi connectivity index (χ1v) is 13.3. The SMILES string of the molecule is O=C(CN1C(=O)S/C(=C\c2ccc(OCc3ccc(Br)cc3)c(I)c2)C1=O)N1CCCCC1. The van der Waals surface area contributed by atoms with Gasteiger partial charge < -0.3 is 9.64 Å². The summed E-state index contributed by atoms with van der Waals surface area (Å²) >= 11 is 6.49. The van der Waals surface area contributed by atoms with Gasteiger partial charge in [-0.1, -0.05) is 34.1 Å². The molecule has 0 radical (unpaired) electrons. The molecule has 4 rings (SSSR count). The minimum atomic E-state index is -0.416. The summed E-state index contributed by atoms with van der Waals surface area (Å²) in [5.41, 5.74) is 1.86. The van der Waals surface area contributed by atoms with Gasteiger partial charge in [0.1, 0.15) is 18.9 Å². The van der Waals surface area contributed by atoms with E-state index in [-0.39, 0.29) is 12.5 Å². The Balaban J connectivity index is 1.40. The van der Waals surface area contributed by atoms with E-state index in [1.807, 2.05) is 42.5 Å². The van der Waals surface area contributed by atoms with Gasteiger partial charge in [0.05, 0.1) is 8.48 Å². The van der Waals surface area contributed by atoms with Crippen molar-refractivity contribution in [2.75, 3.05) is 19.6 Å². The average Bonchev–Trinajstić information content (AvgIpc) is 3.07. The van der Waals surface area contributed by atoms with Crippen molar-refractivity contribution in [1.82, 2.24) is 9.80 Å². The number of hydrogen-bond acceptors (Lipinski definition) is 5. The van der Waals surface area contributed by atoms with E-state index >= 15 is 0 Å². The van der Waals surface area contributed by atoms with Crippen molar-refractivity contribution in [3.05, 3.63) is 66.5 Å². The van der Waals surface area contributed by atoms with Gasteiger partial charge in [0.15, 0.2) is 0 Å². The molecule has 0 aromatic heterocycles. The number of nitrogens with zero attached hydrogens (tertiary/aromatic N) is 2. The molecule has 3 amide bonds. The highest BCUT2D eigenvalue weighted by Gasteiger charge is 2.37. The van der Waals surface area contributed by atoms with Crippen LogP contribution in [0.25, 0.3) is 6.08 Å². The lowest BCUT2D eigenvalue weighted by Crippen LogP contribution is -2.44. The van der Waals surface area contributed by atoms with Crippen LogP contribution in [0.3, 0.4) is 0 Å². The molecule has 0 bridgehead atoms. The summed E-state index contributed by atoms with van der Waals surface area (Å²) in [6.45, 7) is 1.65. The van der Waals surface area contributed by atoms with E-state index in [0.717, 1.165) is 60.8 Å². The minimum absolute atomic E-state index is 0.167. The topological polar surface area (TPSA) is 66.9 Å². The number of hydrogen-bond donors (Lipinski definition) is 0. The second-order valence-corrected chi connectivity index (χ2v) is 10.9. The Bertz CT molecular complexity index is 1100. The average molecular weight is 641 g/mol. The molecule has 2 aromatic carbocycles. The van der Waals surface area contributed by atoms with Crippen molar-refractivity contribution in [1.29, 1.82) is 0 Å². The molecule has 2 saturated heterocycles. The Morgan fingerprint density at radius 3 is 2.52 bits per heavy atom. The lowest BCUT2D eigenvalue weighted by atomic mass is 10.1. The summed E-state index contributed by atoms with van der Waals surface area (Å²) < 4.78 is 7.84. The van der Waals surface area contributed by atoms with Crippen LogP contribution in [0, 0.1) is 3.57 Å². The number of amides is 3. The van der Waals surface area contributed by atoms with Crippen molar-refractivity contribution in [2.24, 2.45) is 0 Å². The van der Waals surface area contributed by atoms with Gasteiger partial charge in [-0.3, -0.25) is 19.3 Å². The van der Waals surface area contributed by atoms with Crippen LogP contribution in [0.2, 0.25) is 0 Å². The van der Waals surface area contributed by atoms with Crippen molar-refractivity contribution in [3.63, 3.8) is 0 Å². The third-order valence-corrected chi connectivity index (χ3v) is 7.72. The number of piperidine rings is 1. The molecule has 6 nitrogen and oxygen atoms in total. The molecule has 9 heteroatoms. The summed E-state index contributed by atoms with van der Waals surface area (Å²) in [5, 5.41) is -0.402. The molecule has 0 unspecified atom stereocenters. The molecule has 2 aliphatic rings. The Kier molecular flexibility index (Phi) is 8.13. The summed E-state index contributed by atoms with van der Waals surface area (Å²) in [5.74, 6) is 0.164. The largest absolute Gasteiger partial charge is 0.488 e. The lowest BCUT2D eigenvalue weighted by Gasteiger charge is -2.27. The molecular weight excluding hydrogens is 619 g/mol. The molecule has 2 fully saturated rings. The first kappa shape index (κ1) is 24.3. The number of likely N-dealkylation sites (tertiary alicyclic amines) is 1. The van der Waals surface area contributed by atoms with Gasteiger partial charge in [-0.15, -0.1) is 0 Å². The van der Waals surface area contributed by atoms with Gasteiger partial charge in [0.25, 0.3) is 11.1 Å². The third kappa shape index (κ3) is 6.19. The zero-order chi connectivity index (χ0) is 23.4. The second-order valence-electron chi connectivity index (χ2n) is 7.81. The predicted octanol–water partition coefficient (Wildman–Crippen LogP) is 5.68. The minimum Gasteiger partial charge on any atom is -0.488 e. The molecule has 0 spiro atoms.